The molecule has 0 aliphatic heterocycles. The molecular weight excluding hydrogens is 348 g/mol. The highest BCUT2D eigenvalue weighted by atomic mass is 32.2. The van der Waals surface area contributed by atoms with Crippen molar-refractivity contribution in [2.45, 2.75) is 17.7 Å². The lowest BCUT2D eigenvalue weighted by atomic mass is 10.0. The average molecular weight is 368 g/mol. The fourth-order valence-electron chi connectivity index (χ4n) is 2.79. The third-order valence-corrected chi connectivity index (χ3v) is 5.10. The summed E-state index contributed by atoms with van der Waals surface area (Å²) in [5.41, 5.74) is 1.90. The highest BCUT2D eigenvalue weighted by Crippen LogP contribution is 2.16. The van der Waals surface area contributed by atoms with Crippen molar-refractivity contribution in [3.8, 4) is 0 Å². The zero-order chi connectivity index (χ0) is 18.6. The van der Waals surface area contributed by atoms with Crippen molar-refractivity contribution in [3.63, 3.8) is 0 Å². The van der Waals surface area contributed by atoms with E-state index in [4.69, 9.17) is 5.14 Å². The molecule has 3 aromatic rings. The molecule has 1 amide bonds. The van der Waals surface area contributed by atoms with Gasteiger partial charge in [0.05, 0.1) is 11.3 Å². The molecule has 6 heteroatoms. The molecule has 0 saturated heterocycles. The van der Waals surface area contributed by atoms with Crippen molar-refractivity contribution in [1.29, 1.82) is 0 Å². The van der Waals surface area contributed by atoms with Crippen LogP contribution in [-0.4, -0.2) is 20.9 Å². The van der Waals surface area contributed by atoms with E-state index < -0.39 is 10.0 Å². The van der Waals surface area contributed by atoms with E-state index in [1.807, 2.05) is 42.5 Å². The third-order valence-electron chi connectivity index (χ3n) is 4.17. The van der Waals surface area contributed by atoms with Gasteiger partial charge in [-0.2, -0.15) is 0 Å². The van der Waals surface area contributed by atoms with Crippen LogP contribution >= 0.6 is 0 Å². The standard InChI is InChI=1S/C20H20N2O3S/c21-26(24,25)19-9-6-15(7-10-19)11-12-22-20(23)14-16-5-8-17-3-1-2-4-18(17)13-16/h1-10,13H,11-12,14H2,(H,22,23)(H2,21,24,25). The predicted octanol–water partition coefficient (Wildman–Crippen LogP) is 2.39. The van der Waals surface area contributed by atoms with Crippen LogP contribution in [0.15, 0.2) is 71.6 Å². The molecule has 0 aliphatic rings. The second kappa shape index (κ2) is 7.68. The highest BCUT2D eigenvalue weighted by molar-refractivity contribution is 7.89. The smallest absolute Gasteiger partial charge is 0.238 e. The number of benzene rings is 3. The van der Waals surface area contributed by atoms with Crippen molar-refractivity contribution >= 4 is 26.7 Å². The maximum Gasteiger partial charge on any atom is 0.238 e. The first-order valence-electron chi connectivity index (χ1n) is 8.28. The molecule has 0 saturated carbocycles. The number of nitrogens with one attached hydrogen (secondary N) is 1. The molecule has 26 heavy (non-hydrogen) atoms. The summed E-state index contributed by atoms with van der Waals surface area (Å²) < 4.78 is 22.4. The number of nitrogens with two attached hydrogens (primary N) is 1. The number of rotatable bonds is 6. The van der Waals surface area contributed by atoms with Gasteiger partial charge in [0, 0.05) is 6.54 Å². The molecule has 0 radical (unpaired) electrons. The first-order chi connectivity index (χ1) is 12.4. The Labute approximate surface area is 152 Å². The van der Waals surface area contributed by atoms with E-state index in [1.165, 1.54) is 12.1 Å². The van der Waals surface area contributed by atoms with Crippen LogP contribution in [0.1, 0.15) is 11.1 Å². The van der Waals surface area contributed by atoms with E-state index in [9.17, 15) is 13.2 Å². The lowest BCUT2D eigenvalue weighted by Crippen LogP contribution is -2.27. The van der Waals surface area contributed by atoms with Crippen LogP contribution in [0.25, 0.3) is 10.8 Å². The maximum absolute atomic E-state index is 12.1. The summed E-state index contributed by atoms with van der Waals surface area (Å²) in [6.07, 6.45) is 0.948. The number of amides is 1. The average Bonchev–Trinajstić information content (AvgIpc) is 2.61. The fraction of sp³-hybridized carbons (Fsp3) is 0.150. The molecular formula is C20H20N2O3S. The summed E-state index contributed by atoms with van der Waals surface area (Å²) in [7, 11) is -3.67. The second-order valence-electron chi connectivity index (χ2n) is 6.15. The molecule has 5 nitrogen and oxygen atoms in total. The molecule has 3 rings (SSSR count). The number of hydrogen-bond acceptors (Lipinski definition) is 3. The van der Waals surface area contributed by atoms with Crippen molar-refractivity contribution < 1.29 is 13.2 Å². The first kappa shape index (κ1) is 18.1. The Kier molecular flexibility index (Phi) is 5.35. The van der Waals surface area contributed by atoms with Gasteiger partial charge in [0.15, 0.2) is 0 Å². The van der Waals surface area contributed by atoms with Crippen molar-refractivity contribution in [2.24, 2.45) is 5.14 Å². The highest BCUT2D eigenvalue weighted by Gasteiger charge is 2.07. The van der Waals surface area contributed by atoms with Crippen LogP contribution in [0, 0.1) is 0 Å². The summed E-state index contributed by atoms with van der Waals surface area (Å²) >= 11 is 0. The summed E-state index contributed by atoms with van der Waals surface area (Å²) in [4.78, 5) is 12.2. The van der Waals surface area contributed by atoms with E-state index in [1.54, 1.807) is 12.1 Å². The molecule has 0 unspecified atom stereocenters. The Balaban J connectivity index is 1.52. The third kappa shape index (κ3) is 4.68. The quantitative estimate of drug-likeness (QED) is 0.700. The fourth-order valence-corrected chi connectivity index (χ4v) is 3.30. The van der Waals surface area contributed by atoms with Crippen LogP contribution < -0.4 is 10.5 Å². The molecule has 0 aliphatic carbocycles. The minimum Gasteiger partial charge on any atom is -0.355 e. The number of sulfonamides is 1. The van der Waals surface area contributed by atoms with Crippen molar-refractivity contribution in [1.82, 2.24) is 5.32 Å². The van der Waals surface area contributed by atoms with Crippen LogP contribution in [0.3, 0.4) is 0 Å². The molecule has 0 bridgehead atoms. The van der Waals surface area contributed by atoms with Crippen LogP contribution in [0.5, 0.6) is 0 Å². The topological polar surface area (TPSA) is 89.3 Å². The van der Waals surface area contributed by atoms with Crippen LogP contribution in [0.4, 0.5) is 0 Å². The monoisotopic (exact) mass is 368 g/mol. The van der Waals surface area contributed by atoms with E-state index >= 15 is 0 Å². The number of carbonyl (C=O) groups is 1. The summed E-state index contributed by atoms with van der Waals surface area (Å²) in [6.45, 7) is 0.487. The number of hydrogen-bond donors (Lipinski definition) is 2. The van der Waals surface area contributed by atoms with Gasteiger partial charge in [-0.25, -0.2) is 13.6 Å². The van der Waals surface area contributed by atoms with E-state index in [-0.39, 0.29) is 10.8 Å². The van der Waals surface area contributed by atoms with Gasteiger partial charge in [-0.05, 0) is 40.5 Å². The Bertz CT molecular complexity index is 1030. The first-order valence-corrected chi connectivity index (χ1v) is 9.82. The van der Waals surface area contributed by atoms with Gasteiger partial charge < -0.3 is 5.32 Å². The molecule has 134 valence electrons. The van der Waals surface area contributed by atoms with Gasteiger partial charge in [-0.3, -0.25) is 4.79 Å². The van der Waals surface area contributed by atoms with Gasteiger partial charge in [0.1, 0.15) is 0 Å². The lowest BCUT2D eigenvalue weighted by molar-refractivity contribution is -0.120. The summed E-state index contributed by atoms with van der Waals surface area (Å²) in [6, 6.07) is 20.4. The minimum absolute atomic E-state index is 0.0403. The lowest BCUT2D eigenvalue weighted by Gasteiger charge is -2.07. The zero-order valence-corrected chi connectivity index (χ0v) is 15.0. The molecule has 0 heterocycles. The molecule has 0 fully saturated rings. The minimum atomic E-state index is -3.67. The predicted molar refractivity (Wildman–Crippen MR) is 102 cm³/mol. The summed E-state index contributed by atoms with van der Waals surface area (Å²) in [5, 5.41) is 10.2. The molecule has 0 spiro atoms. The van der Waals surface area contributed by atoms with Crippen molar-refractivity contribution in [3.05, 3.63) is 77.9 Å². The van der Waals surface area contributed by atoms with Gasteiger partial charge >= 0.3 is 0 Å². The Morgan fingerprint density at radius 2 is 1.54 bits per heavy atom. The number of primary sulfonamides is 1. The van der Waals surface area contributed by atoms with Crippen LogP contribution in [-0.2, 0) is 27.7 Å². The largest absolute Gasteiger partial charge is 0.355 e. The Hall–Kier alpha value is -2.70. The Morgan fingerprint density at radius 3 is 2.23 bits per heavy atom. The van der Waals surface area contributed by atoms with Crippen molar-refractivity contribution in [2.75, 3.05) is 6.54 Å². The zero-order valence-electron chi connectivity index (χ0n) is 14.2. The Morgan fingerprint density at radius 1 is 0.885 bits per heavy atom. The van der Waals surface area contributed by atoms with E-state index in [0.717, 1.165) is 21.9 Å². The summed E-state index contributed by atoms with van der Waals surface area (Å²) in [5.74, 6) is -0.0403. The van der Waals surface area contributed by atoms with Gasteiger partial charge in [0.2, 0.25) is 15.9 Å². The second-order valence-corrected chi connectivity index (χ2v) is 7.71. The molecule has 0 atom stereocenters. The van der Waals surface area contributed by atoms with Gasteiger partial charge in [0.25, 0.3) is 0 Å². The van der Waals surface area contributed by atoms with Crippen LogP contribution in [0.2, 0.25) is 0 Å². The number of fused-ring (bicyclic) bond motifs is 1. The number of carbonyl (C=O) groups excluding carboxylic acids is 1. The van der Waals surface area contributed by atoms with E-state index in [2.05, 4.69) is 5.32 Å². The maximum atomic E-state index is 12.1. The molecule has 0 aromatic heterocycles. The SMILES string of the molecule is NS(=O)(=O)c1ccc(CCNC(=O)Cc2ccc3ccccc3c2)cc1. The van der Waals surface area contributed by atoms with E-state index in [0.29, 0.717) is 19.4 Å². The normalized spacial score (nSPS) is 11.4. The molecule has 3 aromatic carbocycles. The molecule has 3 N–H and O–H groups in total. The van der Waals surface area contributed by atoms with Gasteiger partial charge in [-0.1, -0.05) is 54.6 Å². The van der Waals surface area contributed by atoms with Gasteiger partial charge in [-0.15, -0.1) is 0 Å².